The minimum absolute atomic E-state index is 0.128. The van der Waals surface area contributed by atoms with Crippen molar-refractivity contribution in [3.05, 3.63) is 96.6 Å². The van der Waals surface area contributed by atoms with Crippen LogP contribution in [0.4, 0.5) is 29.2 Å². The van der Waals surface area contributed by atoms with Gasteiger partial charge in [-0.05, 0) is 53.2 Å². The second-order valence-corrected chi connectivity index (χ2v) is 7.74. The molecule has 9 nitrogen and oxygen atoms in total. The fourth-order valence-electron chi connectivity index (χ4n) is 3.57. The minimum atomic E-state index is 0.128. The van der Waals surface area contributed by atoms with Crippen molar-refractivity contribution in [1.82, 2.24) is 15.0 Å². The molecule has 0 aliphatic rings. The van der Waals surface area contributed by atoms with E-state index in [1.54, 1.807) is 19.4 Å². The molecule has 178 valence electrons. The number of phenols is 1. The first-order valence-corrected chi connectivity index (χ1v) is 11.2. The fraction of sp³-hybridized carbons (Fsp3) is 0.0370. The highest BCUT2D eigenvalue weighted by Crippen LogP contribution is 2.26. The molecule has 0 spiro atoms. The Hall–Kier alpha value is -5.18. The number of fused-ring (bicyclic) bond motifs is 1. The highest BCUT2D eigenvalue weighted by Gasteiger charge is 2.09. The lowest BCUT2D eigenvalue weighted by Gasteiger charge is -2.10. The predicted octanol–water partition coefficient (Wildman–Crippen LogP) is 5.67. The number of aromatic hydroxyl groups is 1. The number of anilines is 5. The van der Waals surface area contributed by atoms with Gasteiger partial charge >= 0.3 is 0 Å². The van der Waals surface area contributed by atoms with E-state index in [2.05, 4.69) is 36.1 Å². The first-order chi connectivity index (χ1) is 17.7. The lowest BCUT2D eigenvalue weighted by atomic mass is 10.0. The number of ether oxygens (including phenoxy) is 1. The molecule has 1 aromatic heterocycles. The topological polar surface area (TPSA) is 117 Å². The van der Waals surface area contributed by atoms with Crippen LogP contribution in [0.25, 0.3) is 10.8 Å². The van der Waals surface area contributed by atoms with Gasteiger partial charge < -0.3 is 20.5 Å². The Labute approximate surface area is 207 Å². The molecule has 0 atom stereocenters. The zero-order valence-corrected chi connectivity index (χ0v) is 19.4. The van der Waals surface area contributed by atoms with Gasteiger partial charge in [0, 0.05) is 16.9 Å². The maximum Gasteiger partial charge on any atom is 0.250 e. The lowest BCUT2D eigenvalue weighted by molar-refractivity contribution is 0.415. The van der Waals surface area contributed by atoms with Crippen LogP contribution in [0.1, 0.15) is 5.56 Å². The molecule has 5 rings (SSSR count). The first-order valence-electron chi connectivity index (χ1n) is 11.2. The van der Waals surface area contributed by atoms with Crippen LogP contribution >= 0.6 is 0 Å². The smallest absolute Gasteiger partial charge is 0.250 e. The molecule has 0 fully saturated rings. The molecule has 1 heterocycles. The Morgan fingerprint density at radius 3 is 2.08 bits per heavy atom. The Morgan fingerprint density at radius 1 is 0.722 bits per heavy atom. The number of aromatic nitrogens is 3. The average Bonchev–Trinajstić information content (AvgIpc) is 2.91. The first kappa shape index (κ1) is 22.6. The molecule has 0 radical (unpaired) electrons. The number of rotatable bonds is 8. The summed E-state index contributed by atoms with van der Waals surface area (Å²) < 4.78 is 5.22. The zero-order chi connectivity index (χ0) is 24.7. The largest absolute Gasteiger partial charge is 0.507 e. The van der Waals surface area contributed by atoms with Crippen LogP contribution in [-0.4, -0.2) is 33.4 Å². The summed E-state index contributed by atoms with van der Waals surface area (Å²) in [6, 6.07) is 28.3. The summed E-state index contributed by atoms with van der Waals surface area (Å²) in [5.41, 5.74) is 5.05. The van der Waals surface area contributed by atoms with E-state index in [1.165, 1.54) is 0 Å². The van der Waals surface area contributed by atoms with E-state index in [9.17, 15) is 5.11 Å². The van der Waals surface area contributed by atoms with Gasteiger partial charge in [0.15, 0.2) is 0 Å². The van der Waals surface area contributed by atoms with Crippen LogP contribution in [0, 0.1) is 0 Å². The molecule has 9 heteroatoms. The van der Waals surface area contributed by atoms with Crippen molar-refractivity contribution in [3.8, 4) is 11.5 Å². The van der Waals surface area contributed by atoms with E-state index in [0.29, 0.717) is 17.5 Å². The van der Waals surface area contributed by atoms with Crippen molar-refractivity contribution in [2.45, 2.75) is 0 Å². The van der Waals surface area contributed by atoms with E-state index >= 15 is 0 Å². The number of hydrogen-bond donors (Lipinski definition) is 4. The lowest BCUT2D eigenvalue weighted by Crippen LogP contribution is -2.07. The van der Waals surface area contributed by atoms with Crippen molar-refractivity contribution in [3.63, 3.8) is 0 Å². The predicted molar refractivity (Wildman–Crippen MR) is 143 cm³/mol. The van der Waals surface area contributed by atoms with Gasteiger partial charge in [-0.25, -0.2) is 5.43 Å². The SMILES string of the molecule is COc1ccc(Nc2nc(NN=Cc3c(O)ccc4ccccc34)nc(Nc3ccccc3)n2)cc1. The molecule has 0 amide bonds. The molecule has 0 bridgehead atoms. The van der Waals surface area contributed by atoms with Crippen molar-refractivity contribution in [2.24, 2.45) is 5.10 Å². The summed E-state index contributed by atoms with van der Waals surface area (Å²) in [6.45, 7) is 0. The van der Waals surface area contributed by atoms with Gasteiger partial charge in [0.25, 0.3) is 0 Å². The van der Waals surface area contributed by atoms with E-state index in [4.69, 9.17) is 4.74 Å². The summed E-state index contributed by atoms with van der Waals surface area (Å²) in [7, 11) is 1.62. The van der Waals surface area contributed by atoms with Gasteiger partial charge in [0.05, 0.1) is 13.3 Å². The zero-order valence-electron chi connectivity index (χ0n) is 19.4. The van der Waals surface area contributed by atoms with Crippen LogP contribution in [0.3, 0.4) is 0 Å². The number of nitrogens with one attached hydrogen (secondary N) is 3. The number of methoxy groups -OCH3 is 1. The third kappa shape index (κ3) is 5.31. The Morgan fingerprint density at radius 2 is 1.36 bits per heavy atom. The maximum atomic E-state index is 10.4. The summed E-state index contributed by atoms with van der Waals surface area (Å²) in [5, 5.41) is 22.9. The molecular weight excluding hydrogens is 454 g/mol. The van der Waals surface area contributed by atoms with Gasteiger partial charge in [-0.2, -0.15) is 20.1 Å². The third-order valence-electron chi connectivity index (χ3n) is 5.32. The van der Waals surface area contributed by atoms with Gasteiger partial charge in [0.2, 0.25) is 17.8 Å². The fourth-order valence-corrected chi connectivity index (χ4v) is 3.57. The Balaban J connectivity index is 1.43. The summed E-state index contributed by atoms with van der Waals surface area (Å²) in [5.74, 6) is 1.74. The number of hydrogen-bond acceptors (Lipinski definition) is 9. The van der Waals surface area contributed by atoms with Crippen molar-refractivity contribution in [2.75, 3.05) is 23.2 Å². The molecule has 0 aliphatic heterocycles. The standard InChI is InChI=1S/C27H23N7O2/c1-36-21-14-12-20(13-15-21)30-26-31-25(29-19-8-3-2-4-9-19)32-27(33-26)34-28-17-23-22-10-6-5-7-18(22)11-16-24(23)35/h2-17,35H,1H3,(H3,29,30,31,32,33,34). The van der Waals surface area contributed by atoms with Crippen LogP contribution in [0.2, 0.25) is 0 Å². The molecule has 4 aromatic carbocycles. The summed E-state index contributed by atoms with van der Waals surface area (Å²) >= 11 is 0. The molecule has 36 heavy (non-hydrogen) atoms. The number of hydrazone groups is 1. The van der Waals surface area contributed by atoms with Gasteiger partial charge in [0.1, 0.15) is 11.5 Å². The van der Waals surface area contributed by atoms with E-state index < -0.39 is 0 Å². The van der Waals surface area contributed by atoms with Crippen LogP contribution in [0.15, 0.2) is 96.1 Å². The number of para-hydroxylation sites is 1. The van der Waals surface area contributed by atoms with Gasteiger partial charge in [-0.1, -0.05) is 48.5 Å². The normalized spacial score (nSPS) is 10.9. The number of benzene rings is 4. The van der Waals surface area contributed by atoms with E-state index in [1.807, 2.05) is 84.9 Å². The molecule has 0 unspecified atom stereocenters. The number of phenolic OH excluding ortho intramolecular Hbond substituents is 1. The highest BCUT2D eigenvalue weighted by atomic mass is 16.5. The summed E-state index contributed by atoms with van der Waals surface area (Å²) in [4.78, 5) is 13.4. The number of nitrogens with zero attached hydrogens (tertiary/aromatic N) is 4. The highest BCUT2D eigenvalue weighted by molar-refractivity contribution is 6.02. The second kappa shape index (κ2) is 10.4. The molecule has 5 aromatic rings. The molecule has 0 saturated carbocycles. The molecular formula is C27H23N7O2. The van der Waals surface area contributed by atoms with Crippen molar-refractivity contribution < 1.29 is 9.84 Å². The third-order valence-corrected chi connectivity index (χ3v) is 5.32. The molecule has 0 aliphatic carbocycles. The van der Waals surface area contributed by atoms with Gasteiger partial charge in [-0.3, -0.25) is 0 Å². The maximum absolute atomic E-state index is 10.4. The van der Waals surface area contributed by atoms with E-state index in [-0.39, 0.29) is 11.7 Å². The Kier molecular flexibility index (Phi) is 6.53. The van der Waals surface area contributed by atoms with Crippen molar-refractivity contribution in [1.29, 1.82) is 0 Å². The van der Waals surface area contributed by atoms with Gasteiger partial charge in [-0.15, -0.1) is 0 Å². The molecule has 0 saturated heterocycles. The second-order valence-electron chi connectivity index (χ2n) is 7.74. The molecule has 4 N–H and O–H groups in total. The van der Waals surface area contributed by atoms with Crippen LogP contribution in [-0.2, 0) is 0 Å². The summed E-state index contributed by atoms with van der Waals surface area (Å²) in [6.07, 6.45) is 1.54. The minimum Gasteiger partial charge on any atom is -0.507 e. The van der Waals surface area contributed by atoms with E-state index in [0.717, 1.165) is 27.9 Å². The Bertz CT molecular complexity index is 1510. The van der Waals surface area contributed by atoms with Crippen LogP contribution < -0.4 is 20.8 Å². The quantitative estimate of drug-likeness (QED) is 0.167. The monoisotopic (exact) mass is 477 g/mol. The average molecular weight is 478 g/mol. The van der Waals surface area contributed by atoms with Crippen molar-refractivity contribution >= 4 is 46.2 Å². The van der Waals surface area contributed by atoms with Crippen LogP contribution in [0.5, 0.6) is 11.5 Å².